The molecule has 0 unspecified atom stereocenters. The Balaban J connectivity index is 1.96. The highest BCUT2D eigenvalue weighted by molar-refractivity contribution is 5.79. The highest BCUT2D eigenvalue weighted by Gasteiger charge is 2.24. The van der Waals surface area contributed by atoms with Crippen LogP contribution in [0.2, 0.25) is 0 Å². The molecule has 0 saturated carbocycles. The lowest BCUT2D eigenvalue weighted by atomic mass is 9.81. The Morgan fingerprint density at radius 2 is 1.25 bits per heavy atom. The van der Waals surface area contributed by atoms with Crippen molar-refractivity contribution in [1.82, 2.24) is 9.80 Å². The van der Waals surface area contributed by atoms with Gasteiger partial charge in [0.1, 0.15) is 0 Å². The predicted octanol–water partition coefficient (Wildman–Crippen LogP) is 3.95. The molecule has 0 aliphatic carbocycles. The Hall–Kier alpha value is -1.64. The van der Waals surface area contributed by atoms with Crippen LogP contribution in [0.15, 0.2) is 24.3 Å². The van der Waals surface area contributed by atoms with Crippen LogP contribution >= 0.6 is 0 Å². The fourth-order valence-corrected chi connectivity index (χ4v) is 4.49. The molecule has 24 heavy (non-hydrogen) atoms. The molecule has 2 aromatic carbocycles. The van der Waals surface area contributed by atoms with Crippen molar-refractivity contribution in [1.29, 1.82) is 0 Å². The summed E-state index contributed by atoms with van der Waals surface area (Å²) < 4.78 is 0. The fraction of sp³-hybridized carbons (Fsp3) is 0.455. The Morgan fingerprint density at radius 3 is 2.00 bits per heavy atom. The lowest BCUT2D eigenvalue weighted by molar-refractivity contribution is 0.312. The van der Waals surface area contributed by atoms with E-state index >= 15 is 0 Å². The highest BCUT2D eigenvalue weighted by atomic mass is 15.1. The van der Waals surface area contributed by atoms with E-state index in [1.54, 1.807) is 16.7 Å². The standard InChI is InChI=1S/C22H28N2/c1-15-6-8-18-13-23(3)12-10-19(18)21(15)22-16(2)5-7-17-9-11-24(4)14-20(17)22/h5-8H,9-14H2,1-4H3. The van der Waals surface area contributed by atoms with Gasteiger partial charge in [-0.1, -0.05) is 24.3 Å². The summed E-state index contributed by atoms with van der Waals surface area (Å²) >= 11 is 0. The van der Waals surface area contributed by atoms with Crippen molar-refractivity contribution in [2.45, 2.75) is 39.8 Å². The number of likely N-dealkylation sites (N-methyl/N-ethyl adjacent to an activating group) is 2. The lowest BCUT2D eigenvalue weighted by Gasteiger charge is -2.32. The molecule has 0 saturated heterocycles. The molecule has 2 heterocycles. The van der Waals surface area contributed by atoms with Crippen molar-refractivity contribution in [2.75, 3.05) is 27.2 Å². The number of hydrogen-bond donors (Lipinski definition) is 0. The zero-order chi connectivity index (χ0) is 16.8. The molecule has 2 heteroatoms. The van der Waals surface area contributed by atoms with Crippen LogP contribution in [0.1, 0.15) is 33.4 Å². The lowest BCUT2D eigenvalue weighted by Crippen LogP contribution is -2.28. The summed E-state index contributed by atoms with van der Waals surface area (Å²) in [5, 5.41) is 0. The summed E-state index contributed by atoms with van der Waals surface area (Å²) in [6.07, 6.45) is 2.34. The van der Waals surface area contributed by atoms with Crippen LogP contribution < -0.4 is 0 Å². The van der Waals surface area contributed by atoms with E-state index in [0.29, 0.717) is 0 Å². The SMILES string of the molecule is Cc1ccc2c(c1-c1c(C)ccc3c1CN(C)CC3)CCN(C)C2. The van der Waals surface area contributed by atoms with Gasteiger partial charge in [0.05, 0.1) is 0 Å². The van der Waals surface area contributed by atoms with Crippen LogP contribution in [0.5, 0.6) is 0 Å². The molecular weight excluding hydrogens is 292 g/mol. The molecule has 0 spiro atoms. The zero-order valence-electron chi connectivity index (χ0n) is 15.4. The van der Waals surface area contributed by atoms with Gasteiger partial charge >= 0.3 is 0 Å². The Morgan fingerprint density at radius 1 is 0.667 bits per heavy atom. The first-order valence-corrected chi connectivity index (χ1v) is 9.14. The van der Waals surface area contributed by atoms with E-state index in [0.717, 1.165) is 19.6 Å². The maximum Gasteiger partial charge on any atom is 0.0239 e. The van der Waals surface area contributed by atoms with E-state index in [1.165, 1.54) is 47.2 Å². The van der Waals surface area contributed by atoms with Gasteiger partial charge in [0.2, 0.25) is 0 Å². The van der Waals surface area contributed by atoms with Crippen LogP contribution in [-0.2, 0) is 25.9 Å². The third-order valence-electron chi connectivity index (χ3n) is 5.86. The minimum absolute atomic E-state index is 1.08. The molecule has 126 valence electrons. The van der Waals surface area contributed by atoms with Gasteiger partial charge in [0, 0.05) is 26.2 Å². The van der Waals surface area contributed by atoms with E-state index in [-0.39, 0.29) is 0 Å². The van der Waals surface area contributed by atoms with E-state index in [2.05, 4.69) is 62.0 Å². The van der Waals surface area contributed by atoms with Gasteiger partial charge in [-0.2, -0.15) is 0 Å². The van der Waals surface area contributed by atoms with E-state index in [1.807, 2.05) is 0 Å². The second-order valence-corrected chi connectivity index (χ2v) is 7.77. The molecule has 0 fully saturated rings. The zero-order valence-corrected chi connectivity index (χ0v) is 15.4. The van der Waals surface area contributed by atoms with Crippen molar-refractivity contribution in [3.63, 3.8) is 0 Å². The minimum Gasteiger partial charge on any atom is -0.302 e. The first-order valence-electron chi connectivity index (χ1n) is 9.14. The second-order valence-electron chi connectivity index (χ2n) is 7.77. The van der Waals surface area contributed by atoms with Crippen LogP contribution in [-0.4, -0.2) is 37.0 Å². The molecule has 2 nitrogen and oxygen atoms in total. The molecule has 0 radical (unpaired) electrons. The quantitative estimate of drug-likeness (QED) is 0.785. The average molecular weight is 320 g/mol. The van der Waals surface area contributed by atoms with E-state index in [4.69, 9.17) is 0 Å². The number of nitrogens with zero attached hydrogens (tertiary/aromatic N) is 2. The summed E-state index contributed by atoms with van der Waals surface area (Å²) in [7, 11) is 4.48. The highest BCUT2D eigenvalue weighted by Crippen LogP contribution is 2.39. The van der Waals surface area contributed by atoms with Gasteiger partial charge in [-0.3, -0.25) is 0 Å². The van der Waals surface area contributed by atoms with Crippen LogP contribution in [0, 0.1) is 13.8 Å². The maximum atomic E-state index is 2.46. The monoisotopic (exact) mass is 320 g/mol. The second kappa shape index (κ2) is 6.02. The molecule has 4 rings (SSSR count). The van der Waals surface area contributed by atoms with Crippen molar-refractivity contribution in [2.24, 2.45) is 0 Å². The van der Waals surface area contributed by atoms with Crippen molar-refractivity contribution in [3.05, 3.63) is 57.6 Å². The van der Waals surface area contributed by atoms with Crippen LogP contribution in [0.25, 0.3) is 11.1 Å². The van der Waals surface area contributed by atoms with Gasteiger partial charge in [0.25, 0.3) is 0 Å². The smallest absolute Gasteiger partial charge is 0.0239 e. The number of fused-ring (bicyclic) bond motifs is 2. The molecule has 0 atom stereocenters. The van der Waals surface area contributed by atoms with Gasteiger partial charge in [-0.25, -0.2) is 0 Å². The third kappa shape index (κ3) is 2.58. The maximum absolute atomic E-state index is 2.46. The van der Waals surface area contributed by atoms with Crippen LogP contribution in [0.4, 0.5) is 0 Å². The third-order valence-corrected chi connectivity index (χ3v) is 5.86. The molecule has 0 bridgehead atoms. The van der Waals surface area contributed by atoms with E-state index < -0.39 is 0 Å². The number of benzene rings is 2. The molecule has 2 aliphatic rings. The first kappa shape index (κ1) is 15.9. The van der Waals surface area contributed by atoms with Gasteiger partial charge in [-0.15, -0.1) is 0 Å². The first-order chi connectivity index (χ1) is 11.5. The fourth-order valence-electron chi connectivity index (χ4n) is 4.49. The molecule has 0 N–H and O–H groups in total. The molecule has 2 aromatic rings. The topological polar surface area (TPSA) is 6.48 Å². The summed E-state index contributed by atoms with van der Waals surface area (Å²) in [6.45, 7) is 9.08. The Bertz CT molecular complexity index is 791. The number of hydrogen-bond acceptors (Lipinski definition) is 2. The molecular formula is C22H28N2. The van der Waals surface area contributed by atoms with Crippen LogP contribution in [0.3, 0.4) is 0 Å². The summed E-state index contributed by atoms with van der Waals surface area (Å²) in [6, 6.07) is 9.38. The van der Waals surface area contributed by atoms with Crippen molar-refractivity contribution < 1.29 is 0 Å². The molecule has 0 aromatic heterocycles. The average Bonchev–Trinajstić information content (AvgIpc) is 2.56. The Labute approximate surface area is 146 Å². The number of rotatable bonds is 1. The van der Waals surface area contributed by atoms with Gasteiger partial charge in [0.15, 0.2) is 0 Å². The van der Waals surface area contributed by atoms with Crippen molar-refractivity contribution >= 4 is 0 Å². The van der Waals surface area contributed by atoms with E-state index in [9.17, 15) is 0 Å². The number of aryl methyl sites for hydroxylation is 2. The molecule has 2 aliphatic heterocycles. The summed E-state index contributed by atoms with van der Waals surface area (Å²) in [5.74, 6) is 0. The largest absolute Gasteiger partial charge is 0.302 e. The normalized spacial score (nSPS) is 18.3. The van der Waals surface area contributed by atoms with Crippen molar-refractivity contribution in [3.8, 4) is 11.1 Å². The van der Waals surface area contributed by atoms with Gasteiger partial charge in [-0.05, 0) is 85.3 Å². The summed E-state index contributed by atoms with van der Waals surface area (Å²) in [4.78, 5) is 4.90. The predicted molar refractivity (Wildman–Crippen MR) is 101 cm³/mol. The minimum atomic E-state index is 1.08. The van der Waals surface area contributed by atoms with Gasteiger partial charge < -0.3 is 9.80 Å². The summed E-state index contributed by atoms with van der Waals surface area (Å²) in [5.41, 5.74) is 12.2. The Kier molecular flexibility index (Phi) is 3.98. The molecule has 0 amide bonds.